The minimum atomic E-state index is -1.04. The number of rotatable bonds is 0. The fraction of sp³-hybridized carbons (Fsp3) is 0.895. The fourth-order valence-corrected chi connectivity index (χ4v) is 6.59. The van der Waals surface area contributed by atoms with Crippen molar-refractivity contribution in [3.63, 3.8) is 0 Å². The number of aliphatic hydroxyl groups excluding tert-OH is 2. The Morgan fingerprint density at radius 2 is 1.91 bits per heavy atom. The van der Waals surface area contributed by atoms with Crippen molar-refractivity contribution in [1.29, 1.82) is 0 Å². The summed E-state index contributed by atoms with van der Waals surface area (Å²) in [5, 5.41) is 20.3. The van der Waals surface area contributed by atoms with Gasteiger partial charge in [-0.2, -0.15) is 0 Å². The Balaban J connectivity index is 1.68. The molecule has 2 nitrogen and oxygen atoms in total. The Kier molecular flexibility index (Phi) is 3.30. The molecular formula is C19H29FO2. The standard InChI is InChI=1S/C19H29FO2/c1-18-7-5-12(21)9-11(18)3-4-13-14(18)6-8-19(2)15(13)10-16(20)17(19)22/h3,12-17,21-22H,4-10H2,1-2H3/t12-,13+,14-,15-,16+,17-,18-,19-/m0/s1. The fourth-order valence-electron chi connectivity index (χ4n) is 6.59. The first kappa shape index (κ1) is 15.1. The molecule has 0 saturated heterocycles. The second-order valence-electron chi connectivity index (χ2n) is 8.90. The van der Waals surface area contributed by atoms with E-state index in [0.717, 1.165) is 38.5 Å². The molecule has 0 aromatic carbocycles. The Morgan fingerprint density at radius 3 is 2.68 bits per heavy atom. The van der Waals surface area contributed by atoms with Gasteiger partial charge < -0.3 is 10.2 Å². The lowest BCUT2D eigenvalue weighted by Crippen LogP contribution is -2.51. The Bertz CT molecular complexity index is 504. The number of halogens is 1. The van der Waals surface area contributed by atoms with Crippen molar-refractivity contribution >= 4 is 0 Å². The van der Waals surface area contributed by atoms with Crippen LogP contribution in [0.5, 0.6) is 0 Å². The van der Waals surface area contributed by atoms with Crippen LogP contribution in [0, 0.1) is 28.6 Å². The molecule has 124 valence electrons. The summed E-state index contributed by atoms with van der Waals surface area (Å²) in [6.45, 7) is 4.49. The zero-order valence-electron chi connectivity index (χ0n) is 13.8. The van der Waals surface area contributed by atoms with Gasteiger partial charge in [0.25, 0.3) is 0 Å². The molecule has 0 unspecified atom stereocenters. The van der Waals surface area contributed by atoms with E-state index in [9.17, 15) is 14.6 Å². The summed E-state index contributed by atoms with van der Waals surface area (Å²) in [6.07, 6.45) is 6.76. The number of hydrogen-bond donors (Lipinski definition) is 2. The maximum absolute atomic E-state index is 14.2. The minimum absolute atomic E-state index is 0.173. The molecule has 3 heteroatoms. The van der Waals surface area contributed by atoms with Gasteiger partial charge >= 0.3 is 0 Å². The minimum Gasteiger partial charge on any atom is -0.393 e. The first-order valence-electron chi connectivity index (χ1n) is 9.06. The van der Waals surface area contributed by atoms with E-state index >= 15 is 0 Å². The highest BCUT2D eigenvalue weighted by molar-refractivity contribution is 5.25. The number of aliphatic hydroxyl groups is 2. The molecule has 3 fully saturated rings. The Hall–Kier alpha value is -0.410. The molecule has 4 aliphatic carbocycles. The molecule has 0 spiro atoms. The molecule has 4 aliphatic rings. The Morgan fingerprint density at radius 1 is 1.14 bits per heavy atom. The molecule has 4 rings (SSSR count). The van der Waals surface area contributed by atoms with Gasteiger partial charge in [0, 0.05) is 0 Å². The summed E-state index contributed by atoms with van der Waals surface area (Å²) in [5.41, 5.74) is 1.42. The van der Waals surface area contributed by atoms with E-state index in [1.54, 1.807) is 0 Å². The van der Waals surface area contributed by atoms with Gasteiger partial charge in [-0.1, -0.05) is 25.5 Å². The van der Waals surface area contributed by atoms with Crippen molar-refractivity contribution in [3.8, 4) is 0 Å². The monoisotopic (exact) mass is 308 g/mol. The third-order valence-corrected chi connectivity index (χ3v) is 8.01. The molecule has 2 N–H and O–H groups in total. The molecular weight excluding hydrogens is 279 g/mol. The average molecular weight is 308 g/mol. The van der Waals surface area contributed by atoms with Crippen LogP contribution < -0.4 is 0 Å². The predicted molar refractivity (Wildman–Crippen MR) is 84.0 cm³/mol. The van der Waals surface area contributed by atoms with Gasteiger partial charge in [-0.05, 0) is 73.5 Å². The topological polar surface area (TPSA) is 40.5 Å². The first-order chi connectivity index (χ1) is 10.4. The van der Waals surface area contributed by atoms with Crippen LogP contribution in [0.2, 0.25) is 0 Å². The van der Waals surface area contributed by atoms with Crippen LogP contribution in [-0.4, -0.2) is 28.6 Å². The highest BCUT2D eigenvalue weighted by Gasteiger charge is 2.61. The second kappa shape index (κ2) is 4.80. The van der Waals surface area contributed by atoms with E-state index < -0.39 is 12.3 Å². The van der Waals surface area contributed by atoms with Crippen molar-refractivity contribution in [2.45, 2.75) is 77.2 Å². The summed E-state index contributed by atoms with van der Waals surface area (Å²) in [7, 11) is 0. The molecule has 0 bridgehead atoms. The van der Waals surface area contributed by atoms with E-state index in [-0.39, 0.29) is 16.9 Å². The van der Waals surface area contributed by atoms with Crippen LogP contribution in [-0.2, 0) is 0 Å². The summed E-state index contributed by atoms with van der Waals surface area (Å²) in [4.78, 5) is 0. The normalized spacial score (nSPS) is 57.6. The van der Waals surface area contributed by atoms with E-state index in [2.05, 4.69) is 19.9 Å². The first-order valence-corrected chi connectivity index (χ1v) is 9.06. The zero-order chi connectivity index (χ0) is 15.7. The van der Waals surface area contributed by atoms with Crippen molar-refractivity contribution in [1.82, 2.24) is 0 Å². The van der Waals surface area contributed by atoms with Crippen LogP contribution in [0.15, 0.2) is 11.6 Å². The van der Waals surface area contributed by atoms with E-state index in [1.807, 2.05) is 0 Å². The molecule has 0 heterocycles. The summed E-state index contributed by atoms with van der Waals surface area (Å²) < 4.78 is 14.2. The highest BCUT2D eigenvalue weighted by Crippen LogP contribution is 2.65. The van der Waals surface area contributed by atoms with Crippen molar-refractivity contribution in [2.24, 2.45) is 28.6 Å². The number of hydrogen-bond acceptors (Lipinski definition) is 2. The van der Waals surface area contributed by atoms with E-state index in [4.69, 9.17) is 0 Å². The van der Waals surface area contributed by atoms with Crippen LogP contribution in [0.1, 0.15) is 58.8 Å². The third-order valence-electron chi connectivity index (χ3n) is 8.01. The van der Waals surface area contributed by atoms with Crippen LogP contribution >= 0.6 is 0 Å². The predicted octanol–water partition coefficient (Wildman–Crippen LogP) is 3.62. The van der Waals surface area contributed by atoms with Crippen molar-refractivity contribution in [3.05, 3.63) is 11.6 Å². The maximum Gasteiger partial charge on any atom is 0.127 e. The second-order valence-corrected chi connectivity index (χ2v) is 8.90. The third kappa shape index (κ3) is 1.84. The van der Waals surface area contributed by atoms with Crippen LogP contribution in [0.25, 0.3) is 0 Å². The van der Waals surface area contributed by atoms with E-state index in [0.29, 0.717) is 24.2 Å². The highest BCUT2D eigenvalue weighted by atomic mass is 19.1. The SMILES string of the molecule is C[C@]12CC[C@H]3[C@@H](CC=C4C[C@@H](O)CC[C@@]43C)[C@@H]1C[C@@H](F)[C@@H]2O. The summed E-state index contributed by atoms with van der Waals surface area (Å²) in [5.74, 6) is 1.44. The Labute approximate surface area is 132 Å². The molecule has 0 radical (unpaired) electrons. The molecule has 8 atom stereocenters. The molecule has 0 aliphatic heterocycles. The van der Waals surface area contributed by atoms with Gasteiger partial charge in [0.2, 0.25) is 0 Å². The molecule has 3 saturated carbocycles. The molecule has 0 amide bonds. The number of alkyl halides is 1. The van der Waals surface area contributed by atoms with Crippen molar-refractivity contribution in [2.75, 3.05) is 0 Å². The van der Waals surface area contributed by atoms with Gasteiger partial charge in [-0.25, -0.2) is 4.39 Å². The quantitative estimate of drug-likeness (QED) is 0.671. The van der Waals surface area contributed by atoms with Gasteiger partial charge in [-0.3, -0.25) is 0 Å². The van der Waals surface area contributed by atoms with Crippen LogP contribution in [0.3, 0.4) is 0 Å². The molecule has 0 aromatic heterocycles. The van der Waals surface area contributed by atoms with E-state index in [1.165, 1.54) is 5.57 Å². The smallest absolute Gasteiger partial charge is 0.127 e. The average Bonchev–Trinajstić information content (AvgIpc) is 2.72. The molecule has 0 aromatic rings. The maximum atomic E-state index is 14.2. The molecule has 22 heavy (non-hydrogen) atoms. The lowest BCUT2D eigenvalue weighted by molar-refractivity contribution is -0.0763. The zero-order valence-corrected chi connectivity index (χ0v) is 13.8. The number of allylic oxidation sites excluding steroid dienone is 1. The number of fused-ring (bicyclic) bond motifs is 5. The van der Waals surface area contributed by atoms with Crippen LogP contribution in [0.4, 0.5) is 4.39 Å². The summed E-state index contributed by atoms with van der Waals surface area (Å²) >= 11 is 0. The lowest BCUT2D eigenvalue weighted by atomic mass is 9.48. The van der Waals surface area contributed by atoms with Crippen molar-refractivity contribution < 1.29 is 14.6 Å². The van der Waals surface area contributed by atoms with Gasteiger partial charge in [0.1, 0.15) is 6.17 Å². The van der Waals surface area contributed by atoms with Gasteiger partial charge in [0.15, 0.2) is 0 Å². The summed E-state index contributed by atoms with van der Waals surface area (Å²) in [6, 6.07) is 0. The van der Waals surface area contributed by atoms with Gasteiger partial charge in [-0.15, -0.1) is 0 Å². The lowest BCUT2D eigenvalue weighted by Gasteiger charge is -2.57. The largest absolute Gasteiger partial charge is 0.393 e. The van der Waals surface area contributed by atoms with Gasteiger partial charge in [0.05, 0.1) is 12.2 Å².